The van der Waals surface area contributed by atoms with E-state index in [-0.39, 0.29) is 5.91 Å². The molecule has 3 nitrogen and oxygen atoms in total. The molecule has 0 aliphatic carbocycles. The average molecular weight is 252 g/mol. The number of nitrogens with one attached hydrogen (secondary N) is 1. The smallest absolute Gasteiger partial charge is 0.234 e. The van der Waals surface area contributed by atoms with Gasteiger partial charge in [0.25, 0.3) is 0 Å². The van der Waals surface area contributed by atoms with Gasteiger partial charge in [0.15, 0.2) is 0 Å². The van der Waals surface area contributed by atoms with Gasteiger partial charge < -0.3 is 5.32 Å². The summed E-state index contributed by atoms with van der Waals surface area (Å²) in [4.78, 5) is 12.6. The molecule has 1 N–H and O–H groups in total. The first kappa shape index (κ1) is 12.9. The van der Waals surface area contributed by atoms with Crippen molar-refractivity contribution in [3.8, 4) is 6.07 Å². The minimum Gasteiger partial charge on any atom is -0.325 e. The molecule has 0 fully saturated rings. The van der Waals surface area contributed by atoms with Crippen LogP contribution in [0.5, 0.6) is 0 Å². The van der Waals surface area contributed by atoms with Gasteiger partial charge in [-0.3, -0.25) is 4.79 Å². The molecule has 84 valence electrons. The van der Waals surface area contributed by atoms with E-state index in [1.54, 1.807) is 11.8 Å². The Balaban J connectivity index is 2.41. The van der Waals surface area contributed by atoms with Crippen molar-refractivity contribution in [1.29, 1.82) is 5.26 Å². The number of benzene rings is 1. The number of carbonyl (C=O) groups excluding carboxylic acids is 1. The van der Waals surface area contributed by atoms with E-state index in [9.17, 15) is 4.79 Å². The van der Waals surface area contributed by atoms with Crippen LogP contribution in [0.4, 0.5) is 5.69 Å². The Morgan fingerprint density at radius 2 is 2.12 bits per heavy atom. The first-order valence-corrected chi connectivity index (χ1v) is 7.03. The molecule has 5 heteroatoms. The molecule has 0 saturated heterocycles. The Labute approximate surface area is 104 Å². The molecule has 0 aliphatic rings. The number of thioether (sulfide) groups is 2. The summed E-state index contributed by atoms with van der Waals surface area (Å²) in [5, 5.41) is 11.1. The number of hydrogen-bond donors (Lipinski definition) is 1. The van der Waals surface area contributed by atoms with Crippen LogP contribution in [0.2, 0.25) is 0 Å². The van der Waals surface area contributed by atoms with Gasteiger partial charge in [0, 0.05) is 10.6 Å². The third-order valence-corrected chi connectivity index (χ3v) is 3.32. The zero-order valence-electron chi connectivity index (χ0n) is 8.90. The third kappa shape index (κ3) is 4.60. The van der Waals surface area contributed by atoms with Gasteiger partial charge in [-0.05, 0) is 30.5 Å². The maximum atomic E-state index is 11.4. The first-order valence-electron chi connectivity index (χ1n) is 4.65. The Hall–Kier alpha value is -1.12. The van der Waals surface area contributed by atoms with Crippen LogP contribution < -0.4 is 5.32 Å². The van der Waals surface area contributed by atoms with Crippen molar-refractivity contribution in [2.45, 2.75) is 4.90 Å². The van der Waals surface area contributed by atoms with E-state index in [4.69, 9.17) is 5.26 Å². The van der Waals surface area contributed by atoms with Gasteiger partial charge in [0.1, 0.15) is 0 Å². The van der Waals surface area contributed by atoms with Crippen LogP contribution in [0, 0.1) is 11.3 Å². The van der Waals surface area contributed by atoms with E-state index in [2.05, 4.69) is 5.32 Å². The minimum atomic E-state index is -0.0721. The van der Waals surface area contributed by atoms with Crippen LogP contribution in [0.25, 0.3) is 0 Å². The topological polar surface area (TPSA) is 52.9 Å². The maximum Gasteiger partial charge on any atom is 0.234 e. The number of nitriles is 1. The van der Waals surface area contributed by atoms with Crippen molar-refractivity contribution in [2.24, 2.45) is 0 Å². The standard InChI is InChI=1S/C11H12N2OS2/c1-15-10-4-2-9(3-5-10)13-11(14)8-16-7-6-12/h2-5H,7-8H2,1H3,(H,13,14). The number of amides is 1. The fraction of sp³-hybridized carbons (Fsp3) is 0.273. The summed E-state index contributed by atoms with van der Waals surface area (Å²) in [6, 6.07) is 9.65. The molecule has 0 radical (unpaired) electrons. The van der Waals surface area contributed by atoms with Crippen LogP contribution in [0.1, 0.15) is 0 Å². The van der Waals surface area contributed by atoms with E-state index in [1.165, 1.54) is 11.8 Å². The molecule has 0 heterocycles. The lowest BCUT2D eigenvalue weighted by atomic mass is 10.3. The minimum absolute atomic E-state index is 0.0721. The molecule has 1 aromatic carbocycles. The molecule has 0 aromatic heterocycles. The van der Waals surface area contributed by atoms with Crippen molar-refractivity contribution >= 4 is 35.1 Å². The molecule has 1 amide bonds. The van der Waals surface area contributed by atoms with Crippen LogP contribution in [-0.2, 0) is 4.79 Å². The summed E-state index contributed by atoms with van der Waals surface area (Å²) in [5.74, 6) is 0.591. The number of rotatable bonds is 5. The Morgan fingerprint density at radius 3 is 2.69 bits per heavy atom. The lowest BCUT2D eigenvalue weighted by Crippen LogP contribution is -2.14. The molecule has 0 bridgehead atoms. The Bertz CT molecular complexity index is 384. The number of carbonyl (C=O) groups is 1. The fourth-order valence-corrected chi connectivity index (χ4v) is 1.92. The summed E-state index contributed by atoms with van der Waals surface area (Å²) in [6.45, 7) is 0. The largest absolute Gasteiger partial charge is 0.325 e. The van der Waals surface area contributed by atoms with E-state index in [1.807, 2.05) is 36.6 Å². The molecule has 0 aliphatic heterocycles. The molecular formula is C11H12N2OS2. The van der Waals surface area contributed by atoms with Gasteiger partial charge in [-0.1, -0.05) is 0 Å². The van der Waals surface area contributed by atoms with Crippen LogP contribution in [0.3, 0.4) is 0 Å². The highest BCUT2D eigenvalue weighted by Crippen LogP contribution is 2.17. The van der Waals surface area contributed by atoms with Gasteiger partial charge in [0.05, 0.1) is 17.6 Å². The zero-order chi connectivity index (χ0) is 11.8. The zero-order valence-corrected chi connectivity index (χ0v) is 10.5. The second-order valence-corrected chi connectivity index (χ2v) is 4.79. The maximum absolute atomic E-state index is 11.4. The molecular weight excluding hydrogens is 240 g/mol. The van der Waals surface area contributed by atoms with Crippen LogP contribution in [-0.4, -0.2) is 23.7 Å². The van der Waals surface area contributed by atoms with E-state index in [0.29, 0.717) is 11.5 Å². The summed E-state index contributed by atoms with van der Waals surface area (Å²) in [6.07, 6.45) is 2.01. The number of hydrogen-bond acceptors (Lipinski definition) is 4. The monoisotopic (exact) mass is 252 g/mol. The predicted octanol–water partition coefficient (Wildman–Crippen LogP) is 2.60. The average Bonchev–Trinajstić information content (AvgIpc) is 2.30. The SMILES string of the molecule is CSc1ccc(NC(=O)CSCC#N)cc1. The van der Waals surface area contributed by atoms with Gasteiger partial charge in [0.2, 0.25) is 5.91 Å². The lowest BCUT2D eigenvalue weighted by Gasteiger charge is -2.04. The predicted molar refractivity (Wildman–Crippen MR) is 69.8 cm³/mol. The Morgan fingerprint density at radius 1 is 1.44 bits per heavy atom. The van der Waals surface area contributed by atoms with Gasteiger partial charge in [-0.2, -0.15) is 5.26 Å². The molecule has 1 rings (SSSR count). The molecule has 0 atom stereocenters. The molecule has 0 spiro atoms. The molecule has 0 unspecified atom stereocenters. The molecule has 1 aromatic rings. The highest BCUT2D eigenvalue weighted by Gasteiger charge is 2.01. The van der Waals surface area contributed by atoms with Gasteiger partial charge in [-0.15, -0.1) is 23.5 Å². The summed E-state index contributed by atoms with van der Waals surface area (Å²) < 4.78 is 0. The van der Waals surface area contributed by atoms with E-state index >= 15 is 0 Å². The number of anilines is 1. The van der Waals surface area contributed by atoms with Crippen molar-refractivity contribution in [2.75, 3.05) is 23.1 Å². The third-order valence-electron chi connectivity index (χ3n) is 1.77. The normalized spacial score (nSPS) is 9.50. The Kier molecular flexibility index (Phi) is 5.83. The summed E-state index contributed by atoms with van der Waals surface area (Å²) in [7, 11) is 0. The summed E-state index contributed by atoms with van der Waals surface area (Å²) >= 11 is 2.97. The van der Waals surface area contributed by atoms with Crippen LogP contribution in [0.15, 0.2) is 29.2 Å². The van der Waals surface area contributed by atoms with Crippen LogP contribution >= 0.6 is 23.5 Å². The summed E-state index contributed by atoms with van der Waals surface area (Å²) in [5.41, 5.74) is 0.792. The molecule has 0 saturated carbocycles. The van der Waals surface area contributed by atoms with Gasteiger partial charge >= 0.3 is 0 Å². The fourth-order valence-electron chi connectivity index (χ4n) is 1.06. The quantitative estimate of drug-likeness (QED) is 0.646. The van der Waals surface area contributed by atoms with Crippen molar-refractivity contribution < 1.29 is 4.79 Å². The van der Waals surface area contributed by atoms with Crippen molar-refractivity contribution in [3.63, 3.8) is 0 Å². The van der Waals surface area contributed by atoms with Gasteiger partial charge in [-0.25, -0.2) is 0 Å². The van der Waals surface area contributed by atoms with Crippen molar-refractivity contribution in [1.82, 2.24) is 0 Å². The van der Waals surface area contributed by atoms with E-state index < -0.39 is 0 Å². The number of nitrogens with zero attached hydrogens (tertiary/aromatic N) is 1. The second kappa shape index (κ2) is 7.20. The molecule has 16 heavy (non-hydrogen) atoms. The van der Waals surface area contributed by atoms with Crippen molar-refractivity contribution in [3.05, 3.63) is 24.3 Å². The highest BCUT2D eigenvalue weighted by molar-refractivity contribution is 8.00. The van der Waals surface area contributed by atoms with E-state index in [0.717, 1.165) is 10.6 Å². The highest BCUT2D eigenvalue weighted by atomic mass is 32.2. The lowest BCUT2D eigenvalue weighted by molar-refractivity contribution is -0.113. The first-order chi connectivity index (χ1) is 7.76. The second-order valence-electron chi connectivity index (χ2n) is 2.93.